The van der Waals surface area contributed by atoms with Crippen LogP contribution in [0.3, 0.4) is 0 Å². The van der Waals surface area contributed by atoms with Crippen LogP contribution < -0.4 is 0 Å². The lowest BCUT2D eigenvalue weighted by molar-refractivity contribution is -0.150. The van der Waals surface area contributed by atoms with Gasteiger partial charge in [-0.05, 0) is 83.6 Å². The molecule has 0 heterocycles. The van der Waals surface area contributed by atoms with Gasteiger partial charge >= 0.3 is 16.8 Å². The molecule has 252 valence electrons. The molecule has 47 heavy (non-hydrogen) atoms. The minimum Gasteiger partial charge on any atom is -0.465 e. The molecule has 0 N–H and O–H groups in total. The van der Waals surface area contributed by atoms with Crippen molar-refractivity contribution in [2.45, 2.75) is 107 Å². The predicted molar refractivity (Wildman–Crippen MR) is 185 cm³/mol. The predicted octanol–water partition coefficient (Wildman–Crippen LogP) is 8.55. The van der Waals surface area contributed by atoms with Gasteiger partial charge < -0.3 is 9.47 Å². The monoisotopic (exact) mass is 659 g/mol. The van der Waals surface area contributed by atoms with Crippen LogP contribution in [0.5, 0.6) is 0 Å². The summed E-state index contributed by atoms with van der Waals surface area (Å²) in [6.07, 6.45) is 3.05. The molecule has 0 amide bonds. The molecule has 0 aliphatic rings. The van der Waals surface area contributed by atoms with Gasteiger partial charge in [0.15, 0.2) is 0 Å². The van der Waals surface area contributed by atoms with Crippen molar-refractivity contribution in [3.63, 3.8) is 0 Å². The van der Waals surface area contributed by atoms with Crippen molar-refractivity contribution >= 4 is 21.8 Å². The number of nitrogens with zero attached hydrogens (tertiary/aromatic N) is 1. The van der Waals surface area contributed by atoms with Gasteiger partial charge in [0.2, 0.25) is 0 Å². The number of sulfone groups is 1. The van der Waals surface area contributed by atoms with E-state index in [0.717, 1.165) is 16.7 Å². The molecule has 3 aromatic rings. The standard InChI is InChI=1S/C39H49NO6S/c1-7-45-35(41)37(4,32-19-11-9-12-20-32)27-15-17-29-39(40-6,47(43,44)34-25-23-31(3)24-26-34)30-18-16-28-38(5,36(42)46-8-2)33-21-13-10-14-22-33/h9-14,19-26H,7-8,15-18,27-30H2,1-5H3. The summed E-state index contributed by atoms with van der Waals surface area (Å²) in [6, 6.07) is 25.6. The Hall–Kier alpha value is -3.96. The van der Waals surface area contributed by atoms with E-state index in [1.165, 1.54) is 0 Å². The third kappa shape index (κ3) is 8.70. The lowest BCUT2D eigenvalue weighted by Gasteiger charge is -2.29. The molecule has 3 aromatic carbocycles. The number of carbonyl (C=O) groups excluding carboxylic acids is 2. The summed E-state index contributed by atoms with van der Waals surface area (Å²) in [6.45, 7) is 18.0. The van der Waals surface area contributed by atoms with Crippen LogP contribution in [0.4, 0.5) is 0 Å². The summed E-state index contributed by atoms with van der Waals surface area (Å²) in [7, 11) is -4.05. The van der Waals surface area contributed by atoms with Crippen LogP contribution in [0.1, 0.15) is 95.8 Å². The van der Waals surface area contributed by atoms with Gasteiger partial charge in [0, 0.05) is 12.8 Å². The maximum Gasteiger partial charge on any atom is 0.333 e. The van der Waals surface area contributed by atoms with Gasteiger partial charge in [0.1, 0.15) is 0 Å². The van der Waals surface area contributed by atoms with Crippen molar-refractivity contribution in [1.82, 2.24) is 0 Å². The van der Waals surface area contributed by atoms with Crippen LogP contribution in [0, 0.1) is 13.5 Å². The Bertz CT molecular complexity index is 1520. The molecule has 0 spiro atoms. The minimum absolute atomic E-state index is 0.119. The van der Waals surface area contributed by atoms with E-state index in [0.29, 0.717) is 38.5 Å². The van der Waals surface area contributed by atoms with Crippen molar-refractivity contribution < 1.29 is 27.5 Å². The molecular formula is C39H49NO6S. The Balaban J connectivity index is 1.85. The van der Waals surface area contributed by atoms with Gasteiger partial charge in [-0.1, -0.05) is 91.2 Å². The topological polar surface area (TPSA) is 91.1 Å². The van der Waals surface area contributed by atoms with E-state index in [9.17, 15) is 18.0 Å². The highest BCUT2D eigenvalue weighted by Gasteiger charge is 2.51. The second-order valence-corrected chi connectivity index (χ2v) is 14.9. The largest absolute Gasteiger partial charge is 0.465 e. The van der Waals surface area contributed by atoms with Crippen molar-refractivity contribution in [2.75, 3.05) is 13.2 Å². The highest BCUT2D eigenvalue weighted by molar-refractivity contribution is 7.93. The molecule has 0 saturated heterocycles. The average molecular weight is 660 g/mol. The van der Waals surface area contributed by atoms with Gasteiger partial charge in [-0.25, -0.2) is 15.0 Å². The first-order valence-electron chi connectivity index (χ1n) is 16.6. The highest BCUT2D eigenvalue weighted by Crippen LogP contribution is 2.40. The smallest absolute Gasteiger partial charge is 0.333 e. The fourth-order valence-electron chi connectivity index (χ4n) is 6.18. The van der Waals surface area contributed by atoms with Gasteiger partial charge in [0.25, 0.3) is 9.84 Å². The van der Waals surface area contributed by atoms with E-state index in [1.54, 1.807) is 38.1 Å². The summed E-state index contributed by atoms with van der Waals surface area (Å²) >= 11 is 0. The Labute approximate surface area is 281 Å². The third-order valence-electron chi connectivity index (χ3n) is 9.30. The Morgan fingerprint density at radius 1 is 0.660 bits per heavy atom. The number of esters is 2. The zero-order valence-corrected chi connectivity index (χ0v) is 29.3. The summed E-state index contributed by atoms with van der Waals surface area (Å²) < 4.78 is 39.4. The third-order valence-corrected chi connectivity index (χ3v) is 11.7. The quantitative estimate of drug-likeness (QED) is 0.0772. The number of rotatable bonds is 18. The Kier molecular flexibility index (Phi) is 13.4. The van der Waals surface area contributed by atoms with Crippen LogP contribution in [0.2, 0.25) is 0 Å². The first kappa shape index (κ1) is 37.5. The van der Waals surface area contributed by atoms with Crippen molar-refractivity contribution in [3.8, 4) is 0 Å². The minimum atomic E-state index is -4.05. The molecule has 0 aliphatic heterocycles. The van der Waals surface area contributed by atoms with Crippen LogP contribution in [-0.2, 0) is 39.7 Å². The van der Waals surface area contributed by atoms with E-state index in [2.05, 4.69) is 4.85 Å². The number of hydrogen-bond acceptors (Lipinski definition) is 6. The SMILES string of the molecule is [C-]#[N+]C(CCCCC(C)(C(=O)OCC)c1ccccc1)(CCCCC(C)(C(=O)OCC)c1ccccc1)S(=O)(=O)c1ccc(C)cc1. The summed E-state index contributed by atoms with van der Waals surface area (Å²) in [5, 5.41) is 0. The van der Waals surface area contributed by atoms with Gasteiger partial charge in [-0.2, -0.15) is 0 Å². The lowest BCUT2D eigenvalue weighted by atomic mass is 9.77. The maximum atomic E-state index is 14.2. The summed E-state index contributed by atoms with van der Waals surface area (Å²) in [5.74, 6) is -0.643. The first-order valence-corrected chi connectivity index (χ1v) is 18.0. The molecule has 2 unspecified atom stereocenters. The number of benzene rings is 3. The number of ether oxygens (including phenoxy) is 2. The molecule has 0 saturated carbocycles. The van der Waals surface area contributed by atoms with E-state index in [4.69, 9.17) is 16.0 Å². The fraction of sp³-hybridized carbons (Fsp3) is 0.462. The summed E-state index contributed by atoms with van der Waals surface area (Å²) in [5.41, 5.74) is 0.803. The van der Waals surface area contributed by atoms with Crippen LogP contribution in [0.25, 0.3) is 4.85 Å². The molecule has 0 aromatic heterocycles. The molecule has 0 bridgehead atoms. The number of carbonyl (C=O) groups is 2. The van der Waals surface area contributed by atoms with Crippen LogP contribution in [-0.4, -0.2) is 38.4 Å². The average Bonchev–Trinajstić information content (AvgIpc) is 3.08. The van der Waals surface area contributed by atoms with Crippen LogP contribution in [0.15, 0.2) is 89.8 Å². The molecule has 3 rings (SSSR count). The van der Waals surface area contributed by atoms with E-state index < -0.39 is 25.5 Å². The number of unbranched alkanes of at least 4 members (excludes halogenated alkanes) is 2. The second-order valence-electron chi connectivity index (χ2n) is 12.6. The zero-order valence-electron chi connectivity index (χ0n) is 28.5. The van der Waals surface area contributed by atoms with Crippen molar-refractivity contribution in [2.24, 2.45) is 0 Å². The number of aryl methyl sites for hydroxylation is 1. The molecule has 7 nitrogen and oxygen atoms in total. The maximum absolute atomic E-state index is 14.2. The van der Waals surface area contributed by atoms with Crippen molar-refractivity contribution in [3.05, 3.63) is 113 Å². The molecule has 0 aliphatic carbocycles. The van der Waals surface area contributed by atoms with E-state index in [-0.39, 0.29) is 42.9 Å². The molecule has 8 heteroatoms. The lowest BCUT2D eigenvalue weighted by Crippen LogP contribution is -2.37. The Morgan fingerprint density at radius 3 is 1.40 bits per heavy atom. The summed E-state index contributed by atoms with van der Waals surface area (Å²) in [4.78, 5) is 28.6. The molecule has 0 radical (unpaired) electrons. The van der Waals surface area contributed by atoms with Crippen molar-refractivity contribution in [1.29, 1.82) is 0 Å². The molecular weight excluding hydrogens is 610 g/mol. The van der Waals surface area contributed by atoms with Gasteiger partial charge in [-0.3, -0.25) is 14.4 Å². The Morgan fingerprint density at radius 2 is 1.04 bits per heavy atom. The normalized spacial score (nSPS) is 15.3. The molecule has 0 fully saturated rings. The zero-order chi connectivity index (χ0) is 34.6. The van der Waals surface area contributed by atoms with Crippen LogP contribution >= 0.6 is 0 Å². The van der Waals surface area contributed by atoms with E-state index in [1.807, 2.05) is 81.4 Å². The second kappa shape index (κ2) is 16.7. The van der Waals surface area contributed by atoms with Gasteiger partial charge in [0.05, 0.1) is 28.9 Å². The highest BCUT2D eigenvalue weighted by atomic mass is 32.2. The first-order chi connectivity index (χ1) is 22.4. The van der Waals surface area contributed by atoms with E-state index >= 15 is 0 Å². The molecule has 2 atom stereocenters. The van der Waals surface area contributed by atoms with Gasteiger partial charge in [-0.15, -0.1) is 0 Å². The number of hydrogen-bond donors (Lipinski definition) is 0. The fourth-order valence-corrected chi connectivity index (χ4v) is 8.06.